The Morgan fingerprint density at radius 3 is 2.81 bits per heavy atom. The summed E-state index contributed by atoms with van der Waals surface area (Å²) in [6, 6.07) is 3.85. The molecule has 3 rings (SSSR count). The van der Waals surface area contributed by atoms with Gasteiger partial charge in [-0.1, -0.05) is 0 Å². The first-order valence-electron chi connectivity index (χ1n) is 5.08. The van der Waals surface area contributed by atoms with Crippen LogP contribution in [-0.4, -0.2) is 30.2 Å². The van der Waals surface area contributed by atoms with E-state index >= 15 is 0 Å². The van der Waals surface area contributed by atoms with Gasteiger partial charge in [0.2, 0.25) is 0 Å². The Hall–Kier alpha value is -1.27. The zero-order valence-electron chi connectivity index (χ0n) is 8.54. The summed E-state index contributed by atoms with van der Waals surface area (Å²) in [7, 11) is 0. The average molecular weight is 280 g/mol. The molecule has 0 bridgehead atoms. The van der Waals surface area contributed by atoms with Gasteiger partial charge in [0.05, 0.1) is 13.1 Å². The number of hydrogen-bond donors (Lipinski definition) is 0. The van der Waals surface area contributed by atoms with Crippen molar-refractivity contribution in [3.05, 3.63) is 30.4 Å². The van der Waals surface area contributed by atoms with E-state index in [1.165, 1.54) is 0 Å². The molecule has 1 aliphatic heterocycles. The maximum atomic E-state index is 4.52. The van der Waals surface area contributed by atoms with Gasteiger partial charge >= 0.3 is 0 Å². The fraction of sp³-hybridized carbons (Fsp3) is 0.300. The summed E-state index contributed by atoms with van der Waals surface area (Å²) in [5, 5.41) is 4.49. The first-order valence-corrected chi connectivity index (χ1v) is 5.79. The van der Waals surface area contributed by atoms with Gasteiger partial charge < -0.3 is 0 Å². The van der Waals surface area contributed by atoms with Gasteiger partial charge in [-0.2, -0.15) is 5.10 Å². The highest BCUT2D eigenvalue weighted by Crippen LogP contribution is 2.18. The minimum atomic E-state index is 0.778. The third-order valence-electron chi connectivity index (χ3n) is 2.55. The minimum Gasteiger partial charge on any atom is -0.265 e. The summed E-state index contributed by atoms with van der Waals surface area (Å²) in [6.45, 7) is 2.61. The molecule has 1 aliphatic rings. The van der Waals surface area contributed by atoms with E-state index in [1.807, 2.05) is 16.8 Å². The van der Waals surface area contributed by atoms with Crippen LogP contribution in [0.1, 0.15) is 5.82 Å². The Kier molecular flexibility index (Phi) is 2.45. The monoisotopic (exact) mass is 279 g/mol. The molecule has 0 radical (unpaired) electrons. The van der Waals surface area contributed by atoms with Crippen LogP contribution >= 0.6 is 16.1 Å². The molecule has 0 fully saturated rings. The fourth-order valence-corrected chi connectivity index (χ4v) is 2.11. The molecule has 0 amide bonds. The molecule has 0 N–H and O–H groups in total. The second-order valence-corrected chi connectivity index (χ2v) is 4.66. The molecular weight excluding hydrogens is 270 g/mol. The molecule has 2 aromatic heterocycles. The van der Waals surface area contributed by atoms with E-state index in [0.717, 1.165) is 36.8 Å². The van der Waals surface area contributed by atoms with Gasteiger partial charge in [0, 0.05) is 40.6 Å². The molecule has 6 heteroatoms. The van der Waals surface area contributed by atoms with E-state index in [-0.39, 0.29) is 0 Å². The van der Waals surface area contributed by atoms with Gasteiger partial charge in [-0.25, -0.2) is 13.6 Å². The molecule has 3 heterocycles. The van der Waals surface area contributed by atoms with Crippen LogP contribution in [0.5, 0.6) is 0 Å². The SMILES string of the molecule is BrN1CCn2nc(-c3ccncc3)nc2C1. The maximum Gasteiger partial charge on any atom is 0.181 e. The first kappa shape index (κ1) is 9.92. The number of nitrogens with zero attached hydrogens (tertiary/aromatic N) is 5. The molecule has 0 unspecified atom stereocenters. The van der Waals surface area contributed by atoms with Crippen LogP contribution in [-0.2, 0) is 13.1 Å². The molecule has 82 valence electrons. The Labute approximate surface area is 101 Å². The lowest BCUT2D eigenvalue weighted by molar-refractivity contribution is 0.360. The molecule has 0 atom stereocenters. The maximum absolute atomic E-state index is 4.52. The number of aromatic nitrogens is 4. The van der Waals surface area contributed by atoms with Crippen molar-refractivity contribution in [2.24, 2.45) is 0 Å². The van der Waals surface area contributed by atoms with Crippen molar-refractivity contribution < 1.29 is 0 Å². The van der Waals surface area contributed by atoms with E-state index in [0.29, 0.717) is 0 Å². The van der Waals surface area contributed by atoms with E-state index in [4.69, 9.17) is 0 Å². The van der Waals surface area contributed by atoms with Gasteiger partial charge in [0.15, 0.2) is 5.82 Å². The second-order valence-electron chi connectivity index (χ2n) is 3.66. The largest absolute Gasteiger partial charge is 0.265 e. The zero-order valence-corrected chi connectivity index (χ0v) is 10.1. The van der Waals surface area contributed by atoms with Gasteiger partial charge in [-0.05, 0) is 12.1 Å². The van der Waals surface area contributed by atoms with Crippen molar-refractivity contribution >= 4 is 16.1 Å². The highest BCUT2D eigenvalue weighted by atomic mass is 79.9. The fourth-order valence-electron chi connectivity index (χ4n) is 1.73. The second kappa shape index (κ2) is 3.95. The molecule has 0 spiro atoms. The standard InChI is InChI=1S/C10H10BrN5/c11-15-5-6-16-9(7-15)13-10(14-16)8-1-3-12-4-2-8/h1-4H,5-7H2. The first-order chi connectivity index (χ1) is 7.83. The van der Waals surface area contributed by atoms with Crippen molar-refractivity contribution in [1.82, 2.24) is 23.7 Å². The smallest absolute Gasteiger partial charge is 0.181 e. The predicted octanol–water partition coefficient (Wildman–Crippen LogP) is 1.47. The lowest BCUT2D eigenvalue weighted by Gasteiger charge is -2.19. The van der Waals surface area contributed by atoms with E-state index in [1.54, 1.807) is 12.4 Å². The van der Waals surface area contributed by atoms with Crippen molar-refractivity contribution in [2.75, 3.05) is 6.54 Å². The average Bonchev–Trinajstić information content (AvgIpc) is 2.73. The Morgan fingerprint density at radius 1 is 1.19 bits per heavy atom. The van der Waals surface area contributed by atoms with Crippen LogP contribution in [0.4, 0.5) is 0 Å². The molecule has 16 heavy (non-hydrogen) atoms. The minimum absolute atomic E-state index is 0.778. The lowest BCUT2D eigenvalue weighted by Crippen LogP contribution is -2.27. The summed E-state index contributed by atoms with van der Waals surface area (Å²) in [4.78, 5) is 8.51. The normalized spacial score (nSPS) is 16.1. The molecule has 0 saturated heterocycles. The van der Waals surface area contributed by atoms with Crippen molar-refractivity contribution in [3.8, 4) is 11.4 Å². The van der Waals surface area contributed by atoms with Crippen LogP contribution in [0.3, 0.4) is 0 Å². The number of halogens is 1. The zero-order chi connectivity index (χ0) is 11.0. The summed E-state index contributed by atoms with van der Waals surface area (Å²) in [6.07, 6.45) is 3.51. The van der Waals surface area contributed by atoms with Crippen LogP contribution in [0.2, 0.25) is 0 Å². The van der Waals surface area contributed by atoms with Crippen molar-refractivity contribution in [2.45, 2.75) is 13.1 Å². The topological polar surface area (TPSA) is 46.8 Å². The molecule has 0 saturated carbocycles. The summed E-state index contributed by atoms with van der Waals surface area (Å²) >= 11 is 3.47. The number of fused-ring (bicyclic) bond motifs is 1. The molecular formula is C10H10BrN5. The van der Waals surface area contributed by atoms with E-state index < -0.39 is 0 Å². The van der Waals surface area contributed by atoms with Crippen LogP contribution in [0, 0.1) is 0 Å². The van der Waals surface area contributed by atoms with Gasteiger partial charge in [-0.3, -0.25) is 4.98 Å². The Morgan fingerprint density at radius 2 is 2.00 bits per heavy atom. The van der Waals surface area contributed by atoms with Gasteiger partial charge in [0.1, 0.15) is 5.82 Å². The summed E-state index contributed by atoms with van der Waals surface area (Å²) in [5.74, 6) is 1.77. The van der Waals surface area contributed by atoms with Crippen LogP contribution < -0.4 is 0 Å². The highest BCUT2D eigenvalue weighted by Gasteiger charge is 2.18. The molecule has 5 nitrogen and oxygen atoms in total. The predicted molar refractivity (Wildman–Crippen MR) is 62.6 cm³/mol. The Bertz CT molecular complexity index is 495. The molecule has 0 aromatic carbocycles. The quantitative estimate of drug-likeness (QED) is 0.742. The summed E-state index contributed by atoms with van der Waals surface area (Å²) in [5.41, 5.74) is 1.01. The van der Waals surface area contributed by atoms with E-state index in [2.05, 4.69) is 35.1 Å². The third-order valence-corrected chi connectivity index (χ3v) is 3.16. The van der Waals surface area contributed by atoms with Gasteiger partial charge in [-0.15, -0.1) is 0 Å². The van der Waals surface area contributed by atoms with Crippen molar-refractivity contribution in [3.63, 3.8) is 0 Å². The number of pyridine rings is 1. The lowest BCUT2D eigenvalue weighted by atomic mass is 10.2. The van der Waals surface area contributed by atoms with Crippen LogP contribution in [0.15, 0.2) is 24.5 Å². The summed E-state index contributed by atoms with van der Waals surface area (Å²) < 4.78 is 4.03. The Balaban J connectivity index is 1.99. The third kappa shape index (κ3) is 1.74. The number of hydrogen-bond acceptors (Lipinski definition) is 4. The highest BCUT2D eigenvalue weighted by molar-refractivity contribution is 9.07. The van der Waals surface area contributed by atoms with Crippen LogP contribution in [0.25, 0.3) is 11.4 Å². The number of rotatable bonds is 1. The van der Waals surface area contributed by atoms with Crippen molar-refractivity contribution in [1.29, 1.82) is 0 Å². The van der Waals surface area contributed by atoms with E-state index in [9.17, 15) is 0 Å². The van der Waals surface area contributed by atoms with Gasteiger partial charge in [0.25, 0.3) is 0 Å². The molecule has 2 aromatic rings. The molecule has 0 aliphatic carbocycles.